The number of carboxylic acids is 1. The fourth-order valence-electron chi connectivity index (χ4n) is 1.75. The molecule has 2 aromatic rings. The van der Waals surface area contributed by atoms with E-state index < -0.39 is 5.97 Å². The minimum absolute atomic E-state index is 0.156. The monoisotopic (exact) mass is 263 g/mol. The number of carbonyl (C=O) groups is 1. The van der Waals surface area contributed by atoms with Crippen LogP contribution in [-0.4, -0.2) is 30.5 Å². The van der Waals surface area contributed by atoms with Gasteiger partial charge in [0.05, 0.1) is 19.8 Å². The number of aromatic nitrogens is 1. The SMILES string of the molecule is COc1cc(-c2cc(C(=O)O)no2)c(OC)cc1C. The second-order valence-corrected chi connectivity index (χ2v) is 3.90. The van der Waals surface area contributed by atoms with Gasteiger partial charge in [-0.05, 0) is 24.6 Å². The van der Waals surface area contributed by atoms with E-state index in [2.05, 4.69) is 5.16 Å². The summed E-state index contributed by atoms with van der Waals surface area (Å²) in [5, 5.41) is 12.3. The van der Waals surface area contributed by atoms with Crippen molar-refractivity contribution in [3.63, 3.8) is 0 Å². The van der Waals surface area contributed by atoms with E-state index in [4.69, 9.17) is 19.1 Å². The molecule has 100 valence electrons. The van der Waals surface area contributed by atoms with Crippen molar-refractivity contribution in [1.82, 2.24) is 5.16 Å². The number of carboxylic acid groups (broad SMARTS) is 1. The molecule has 0 unspecified atom stereocenters. The number of hydrogen-bond donors (Lipinski definition) is 1. The fraction of sp³-hybridized carbons (Fsp3) is 0.231. The quantitative estimate of drug-likeness (QED) is 0.911. The first-order chi connectivity index (χ1) is 9.06. The van der Waals surface area contributed by atoms with Crippen LogP contribution >= 0.6 is 0 Å². The fourth-order valence-corrected chi connectivity index (χ4v) is 1.75. The second kappa shape index (κ2) is 5.01. The van der Waals surface area contributed by atoms with Crippen molar-refractivity contribution in [2.24, 2.45) is 0 Å². The van der Waals surface area contributed by atoms with Gasteiger partial charge in [0.25, 0.3) is 0 Å². The highest BCUT2D eigenvalue weighted by Gasteiger charge is 2.17. The Morgan fingerprint density at radius 1 is 1.21 bits per heavy atom. The van der Waals surface area contributed by atoms with E-state index in [1.807, 2.05) is 6.92 Å². The molecule has 1 heterocycles. The van der Waals surface area contributed by atoms with Gasteiger partial charge >= 0.3 is 5.97 Å². The van der Waals surface area contributed by atoms with Crippen LogP contribution < -0.4 is 9.47 Å². The lowest BCUT2D eigenvalue weighted by Gasteiger charge is -2.10. The van der Waals surface area contributed by atoms with E-state index in [-0.39, 0.29) is 5.69 Å². The lowest BCUT2D eigenvalue weighted by molar-refractivity contribution is 0.0686. The summed E-state index contributed by atoms with van der Waals surface area (Å²) in [6.07, 6.45) is 0. The molecule has 0 aliphatic rings. The third-order valence-corrected chi connectivity index (χ3v) is 2.71. The van der Waals surface area contributed by atoms with Crippen LogP contribution in [0.5, 0.6) is 11.5 Å². The molecule has 6 nitrogen and oxygen atoms in total. The lowest BCUT2D eigenvalue weighted by atomic mass is 10.1. The van der Waals surface area contributed by atoms with Gasteiger partial charge in [-0.25, -0.2) is 4.79 Å². The number of aromatic carboxylic acids is 1. The standard InChI is InChI=1S/C13H13NO5/c1-7-4-11(18-3)8(5-10(7)17-2)12-6-9(13(15)16)14-19-12/h4-6H,1-3H3,(H,15,16). The largest absolute Gasteiger partial charge is 0.496 e. The van der Waals surface area contributed by atoms with Gasteiger partial charge in [0.15, 0.2) is 11.5 Å². The zero-order valence-electron chi connectivity index (χ0n) is 10.8. The van der Waals surface area contributed by atoms with Crippen LogP contribution in [0.2, 0.25) is 0 Å². The van der Waals surface area contributed by atoms with Gasteiger partial charge in [0.2, 0.25) is 0 Å². The van der Waals surface area contributed by atoms with Crippen LogP contribution in [0, 0.1) is 6.92 Å². The van der Waals surface area contributed by atoms with Crippen molar-refractivity contribution in [1.29, 1.82) is 0 Å². The third-order valence-electron chi connectivity index (χ3n) is 2.71. The Labute approximate surface area is 109 Å². The van der Waals surface area contributed by atoms with Crippen molar-refractivity contribution in [2.75, 3.05) is 14.2 Å². The maximum absolute atomic E-state index is 10.8. The van der Waals surface area contributed by atoms with Crippen molar-refractivity contribution in [3.05, 3.63) is 29.5 Å². The smallest absolute Gasteiger partial charge is 0.358 e. The average Bonchev–Trinajstić information content (AvgIpc) is 2.88. The van der Waals surface area contributed by atoms with Gasteiger partial charge in [0, 0.05) is 6.07 Å². The van der Waals surface area contributed by atoms with Crippen molar-refractivity contribution in [3.8, 4) is 22.8 Å². The Morgan fingerprint density at radius 2 is 1.89 bits per heavy atom. The molecular weight excluding hydrogens is 250 g/mol. The molecule has 0 atom stereocenters. The van der Waals surface area contributed by atoms with Crippen molar-refractivity contribution < 1.29 is 23.9 Å². The Balaban J connectivity index is 2.55. The number of hydrogen-bond acceptors (Lipinski definition) is 5. The highest BCUT2D eigenvalue weighted by molar-refractivity contribution is 5.87. The molecule has 0 fully saturated rings. The topological polar surface area (TPSA) is 81.8 Å². The summed E-state index contributed by atoms with van der Waals surface area (Å²) in [6, 6.07) is 4.85. The van der Waals surface area contributed by atoms with Crippen molar-refractivity contribution >= 4 is 5.97 Å². The average molecular weight is 263 g/mol. The first kappa shape index (κ1) is 12.9. The lowest BCUT2D eigenvalue weighted by Crippen LogP contribution is -1.95. The Hall–Kier alpha value is -2.50. The summed E-state index contributed by atoms with van der Waals surface area (Å²) in [7, 11) is 3.08. The highest BCUT2D eigenvalue weighted by Crippen LogP contribution is 2.36. The number of nitrogens with zero attached hydrogens (tertiary/aromatic N) is 1. The van der Waals surface area contributed by atoms with Gasteiger partial charge in [0.1, 0.15) is 11.5 Å². The summed E-state index contributed by atoms with van der Waals surface area (Å²) in [6.45, 7) is 1.88. The van der Waals surface area contributed by atoms with E-state index >= 15 is 0 Å². The van der Waals surface area contributed by atoms with Gasteiger partial charge in [-0.3, -0.25) is 0 Å². The molecule has 19 heavy (non-hydrogen) atoms. The number of aryl methyl sites for hydroxylation is 1. The van der Waals surface area contributed by atoms with E-state index in [1.54, 1.807) is 19.2 Å². The minimum Gasteiger partial charge on any atom is -0.496 e. The van der Waals surface area contributed by atoms with Gasteiger partial charge in [-0.1, -0.05) is 5.16 Å². The van der Waals surface area contributed by atoms with Crippen molar-refractivity contribution in [2.45, 2.75) is 6.92 Å². The second-order valence-electron chi connectivity index (χ2n) is 3.90. The maximum Gasteiger partial charge on any atom is 0.358 e. The predicted octanol–water partition coefficient (Wildman–Crippen LogP) is 2.37. The summed E-state index contributed by atoms with van der Waals surface area (Å²) in [4.78, 5) is 10.8. The molecule has 0 amide bonds. The summed E-state index contributed by atoms with van der Waals surface area (Å²) in [5.41, 5.74) is 1.34. The van der Waals surface area contributed by atoms with Gasteiger partial charge in [-0.15, -0.1) is 0 Å². The Bertz CT molecular complexity index is 617. The first-order valence-electron chi connectivity index (χ1n) is 5.49. The summed E-state index contributed by atoms with van der Waals surface area (Å²) < 4.78 is 15.5. The van der Waals surface area contributed by atoms with Gasteiger partial charge < -0.3 is 19.1 Å². The van der Waals surface area contributed by atoms with E-state index in [1.165, 1.54) is 13.2 Å². The predicted molar refractivity (Wildman–Crippen MR) is 66.7 cm³/mol. The van der Waals surface area contributed by atoms with Crippen LogP contribution in [-0.2, 0) is 0 Å². The normalized spacial score (nSPS) is 10.3. The van der Waals surface area contributed by atoms with E-state index in [0.717, 1.165) is 5.56 Å². The molecule has 2 rings (SSSR count). The number of methoxy groups -OCH3 is 2. The highest BCUT2D eigenvalue weighted by atomic mass is 16.5. The molecule has 6 heteroatoms. The minimum atomic E-state index is -1.15. The molecule has 0 saturated heterocycles. The van der Waals surface area contributed by atoms with Crippen LogP contribution in [0.4, 0.5) is 0 Å². The summed E-state index contributed by atoms with van der Waals surface area (Å²) >= 11 is 0. The Morgan fingerprint density at radius 3 is 2.42 bits per heavy atom. The number of rotatable bonds is 4. The summed E-state index contributed by atoms with van der Waals surface area (Å²) in [5.74, 6) is 0.385. The van der Waals surface area contributed by atoms with Crippen LogP contribution in [0.1, 0.15) is 16.1 Å². The molecule has 0 spiro atoms. The molecule has 0 radical (unpaired) electrons. The molecule has 0 bridgehead atoms. The molecule has 0 saturated carbocycles. The molecule has 1 aromatic heterocycles. The molecule has 0 aliphatic carbocycles. The van der Waals surface area contributed by atoms with E-state index in [0.29, 0.717) is 22.8 Å². The van der Waals surface area contributed by atoms with Crippen LogP contribution in [0.3, 0.4) is 0 Å². The Kier molecular flexibility index (Phi) is 3.41. The number of ether oxygens (including phenoxy) is 2. The zero-order valence-corrected chi connectivity index (χ0v) is 10.8. The van der Waals surface area contributed by atoms with Crippen LogP contribution in [0.25, 0.3) is 11.3 Å². The van der Waals surface area contributed by atoms with Crippen LogP contribution in [0.15, 0.2) is 22.7 Å². The molecule has 1 N–H and O–H groups in total. The van der Waals surface area contributed by atoms with Gasteiger partial charge in [-0.2, -0.15) is 0 Å². The molecule has 0 aliphatic heterocycles. The number of benzene rings is 1. The third kappa shape index (κ3) is 2.37. The van der Waals surface area contributed by atoms with E-state index in [9.17, 15) is 4.79 Å². The first-order valence-corrected chi connectivity index (χ1v) is 5.49. The molecule has 1 aromatic carbocycles. The zero-order chi connectivity index (χ0) is 14.0. The maximum atomic E-state index is 10.8. The molecular formula is C13H13NO5.